The smallest absolute Gasteiger partial charge is 0.244 e. The van der Waals surface area contributed by atoms with Crippen LogP contribution in [0.25, 0.3) is 0 Å². The zero-order valence-corrected chi connectivity index (χ0v) is 12.0. The van der Waals surface area contributed by atoms with Crippen LogP contribution >= 0.6 is 27.3 Å². The van der Waals surface area contributed by atoms with E-state index in [9.17, 15) is 4.79 Å². The Hall–Kier alpha value is -0.660. The van der Waals surface area contributed by atoms with Gasteiger partial charge in [-0.1, -0.05) is 0 Å². The van der Waals surface area contributed by atoms with Gasteiger partial charge in [0.1, 0.15) is 10.6 Å². The highest BCUT2D eigenvalue weighted by molar-refractivity contribution is 9.10. The number of nitrogens with zero attached hydrogens (tertiary/aromatic N) is 2. The van der Waals surface area contributed by atoms with E-state index in [0.717, 1.165) is 22.8 Å². The molecule has 2 rings (SSSR count). The Bertz CT molecular complexity index is 397. The summed E-state index contributed by atoms with van der Waals surface area (Å²) in [5, 5.41) is 8.94. The Morgan fingerprint density at radius 1 is 1.82 bits per heavy atom. The summed E-state index contributed by atoms with van der Waals surface area (Å²) in [6, 6.07) is -0.165. The Morgan fingerprint density at radius 3 is 3.29 bits per heavy atom. The summed E-state index contributed by atoms with van der Waals surface area (Å²) in [5.74, 6) is 0.0611. The van der Waals surface area contributed by atoms with Gasteiger partial charge in [-0.25, -0.2) is 4.98 Å². The predicted molar refractivity (Wildman–Crippen MR) is 72.5 cm³/mol. The molecule has 1 fully saturated rings. The molecule has 1 aliphatic rings. The molecule has 1 aromatic heterocycles. The molecule has 1 atom stereocenters. The van der Waals surface area contributed by atoms with Crippen LogP contribution in [0.2, 0.25) is 0 Å². The van der Waals surface area contributed by atoms with Gasteiger partial charge >= 0.3 is 0 Å². The van der Waals surface area contributed by atoms with Gasteiger partial charge in [-0.2, -0.15) is 0 Å². The fourth-order valence-electron chi connectivity index (χ4n) is 1.84. The molecular weight excluding hydrogens is 304 g/mol. The van der Waals surface area contributed by atoms with Crippen LogP contribution in [-0.2, 0) is 4.79 Å². The molecule has 1 amide bonds. The SMILES string of the molecule is CCNC(=O)C1CNCCN1c1nc(Br)cs1. The summed E-state index contributed by atoms with van der Waals surface area (Å²) in [7, 11) is 0. The molecular formula is C10H15BrN4OS. The van der Waals surface area contributed by atoms with Crippen molar-refractivity contribution < 1.29 is 4.79 Å². The summed E-state index contributed by atoms with van der Waals surface area (Å²) < 4.78 is 0.825. The molecule has 94 valence electrons. The lowest BCUT2D eigenvalue weighted by molar-refractivity contribution is -0.122. The molecule has 1 unspecified atom stereocenters. The van der Waals surface area contributed by atoms with Crippen molar-refractivity contribution in [3.8, 4) is 0 Å². The van der Waals surface area contributed by atoms with Crippen LogP contribution in [-0.4, -0.2) is 43.1 Å². The summed E-state index contributed by atoms with van der Waals surface area (Å²) in [6.07, 6.45) is 0. The van der Waals surface area contributed by atoms with E-state index in [1.165, 1.54) is 0 Å². The van der Waals surface area contributed by atoms with Gasteiger partial charge in [0.25, 0.3) is 0 Å². The number of likely N-dealkylation sites (N-methyl/N-ethyl adjacent to an activating group) is 1. The topological polar surface area (TPSA) is 57.3 Å². The van der Waals surface area contributed by atoms with E-state index >= 15 is 0 Å². The molecule has 1 aliphatic heterocycles. The quantitative estimate of drug-likeness (QED) is 0.866. The minimum absolute atomic E-state index is 0.0611. The largest absolute Gasteiger partial charge is 0.355 e. The van der Waals surface area contributed by atoms with Crippen LogP contribution in [0.5, 0.6) is 0 Å². The number of piperazine rings is 1. The van der Waals surface area contributed by atoms with Gasteiger partial charge in [0.05, 0.1) is 0 Å². The highest BCUT2D eigenvalue weighted by Crippen LogP contribution is 2.25. The molecule has 2 N–H and O–H groups in total. The van der Waals surface area contributed by atoms with Crippen molar-refractivity contribution in [1.82, 2.24) is 15.6 Å². The summed E-state index contributed by atoms with van der Waals surface area (Å²) in [5.41, 5.74) is 0. The predicted octanol–water partition coefficient (Wildman–Crippen LogP) is 0.820. The maximum Gasteiger partial charge on any atom is 0.244 e. The van der Waals surface area contributed by atoms with Crippen molar-refractivity contribution in [2.24, 2.45) is 0 Å². The van der Waals surface area contributed by atoms with Crippen molar-refractivity contribution in [2.75, 3.05) is 31.1 Å². The number of rotatable bonds is 3. The first-order chi connectivity index (χ1) is 8.22. The van der Waals surface area contributed by atoms with Crippen molar-refractivity contribution in [2.45, 2.75) is 13.0 Å². The molecule has 1 aromatic rings. The standard InChI is InChI=1S/C10H15BrN4OS/c1-2-13-9(16)7-5-12-3-4-15(7)10-14-8(11)6-17-10/h6-7,12H,2-5H2,1H3,(H,13,16). The highest BCUT2D eigenvalue weighted by atomic mass is 79.9. The minimum Gasteiger partial charge on any atom is -0.355 e. The molecule has 17 heavy (non-hydrogen) atoms. The average molecular weight is 319 g/mol. The second kappa shape index (κ2) is 5.79. The van der Waals surface area contributed by atoms with E-state index in [4.69, 9.17) is 0 Å². The number of carbonyl (C=O) groups is 1. The highest BCUT2D eigenvalue weighted by Gasteiger charge is 2.29. The molecule has 2 heterocycles. The molecule has 0 spiro atoms. The van der Waals surface area contributed by atoms with Crippen LogP contribution in [0.4, 0.5) is 5.13 Å². The van der Waals surface area contributed by atoms with E-state index in [0.29, 0.717) is 13.1 Å². The Labute approximate surface area is 113 Å². The average Bonchev–Trinajstić information content (AvgIpc) is 2.76. The van der Waals surface area contributed by atoms with E-state index in [-0.39, 0.29) is 11.9 Å². The molecule has 0 radical (unpaired) electrons. The monoisotopic (exact) mass is 318 g/mol. The van der Waals surface area contributed by atoms with Crippen LogP contribution in [0.1, 0.15) is 6.92 Å². The van der Waals surface area contributed by atoms with Crippen LogP contribution in [0.15, 0.2) is 9.98 Å². The van der Waals surface area contributed by atoms with E-state index < -0.39 is 0 Å². The normalized spacial score (nSPS) is 20.4. The maximum atomic E-state index is 12.0. The van der Waals surface area contributed by atoms with Gasteiger partial charge < -0.3 is 15.5 Å². The second-order valence-corrected chi connectivity index (χ2v) is 5.41. The molecule has 0 aromatic carbocycles. The zero-order chi connectivity index (χ0) is 12.3. The van der Waals surface area contributed by atoms with Gasteiger partial charge in [-0.15, -0.1) is 11.3 Å². The van der Waals surface area contributed by atoms with Gasteiger partial charge in [-0.05, 0) is 22.9 Å². The minimum atomic E-state index is -0.165. The first-order valence-electron chi connectivity index (χ1n) is 5.58. The Kier molecular flexibility index (Phi) is 4.36. The number of hydrogen-bond acceptors (Lipinski definition) is 5. The third kappa shape index (κ3) is 2.97. The summed E-state index contributed by atoms with van der Waals surface area (Å²) in [6.45, 7) is 4.95. The number of hydrogen-bond donors (Lipinski definition) is 2. The molecule has 1 saturated heterocycles. The molecule has 0 saturated carbocycles. The van der Waals surface area contributed by atoms with Gasteiger partial charge in [-0.3, -0.25) is 4.79 Å². The number of thiazole rings is 1. The third-order valence-corrected chi connectivity index (χ3v) is 4.19. The number of aromatic nitrogens is 1. The molecule has 5 nitrogen and oxygen atoms in total. The van der Waals surface area contributed by atoms with E-state index in [1.54, 1.807) is 11.3 Å². The molecule has 0 bridgehead atoms. The van der Waals surface area contributed by atoms with Crippen LogP contribution in [0, 0.1) is 0 Å². The maximum absolute atomic E-state index is 12.0. The van der Waals surface area contributed by atoms with Gasteiger partial charge in [0.2, 0.25) is 5.91 Å². The van der Waals surface area contributed by atoms with Gasteiger partial charge in [0.15, 0.2) is 5.13 Å². The number of anilines is 1. The lowest BCUT2D eigenvalue weighted by Gasteiger charge is -2.34. The molecule has 7 heteroatoms. The first-order valence-corrected chi connectivity index (χ1v) is 7.25. The van der Waals surface area contributed by atoms with E-state index in [1.807, 2.05) is 12.3 Å². The first kappa shape index (κ1) is 12.8. The zero-order valence-electron chi connectivity index (χ0n) is 9.57. The fraction of sp³-hybridized carbons (Fsp3) is 0.600. The van der Waals surface area contributed by atoms with Crippen molar-refractivity contribution in [3.05, 3.63) is 9.98 Å². The lowest BCUT2D eigenvalue weighted by Crippen LogP contribution is -2.58. The Morgan fingerprint density at radius 2 is 2.65 bits per heavy atom. The summed E-state index contributed by atoms with van der Waals surface area (Å²) in [4.78, 5) is 18.4. The third-order valence-electron chi connectivity index (χ3n) is 2.61. The van der Waals surface area contributed by atoms with Gasteiger partial charge in [0, 0.05) is 31.6 Å². The Balaban J connectivity index is 2.14. The van der Waals surface area contributed by atoms with Crippen molar-refractivity contribution in [3.63, 3.8) is 0 Å². The van der Waals surface area contributed by atoms with Crippen LogP contribution < -0.4 is 15.5 Å². The molecule has 0 aliphatic carbocycles. The summed E-state index contributed by atoms with van der Waals surface area (Å²) >= 11 is 4.90. The van der Waals surface area contributed by atoms with E-state index in [2.05, 4.69) is 36.4 Å². The second-order valence-electron chi connectivity index (χ2n) is 3.76. The fourth-order valence-corrected chi connectivity index (χ4v) is 3.16. The lowest BCUT2D eigenvalue weighted by atomic mass is 10.2. The number of nitrogens with one attached hydrogen (secondary N) is 2. The number of amides is 1. The van der Waals surface area contributed by atoms with Crippen molar-refractivity contribution in [1.29, 1.82) is 0 Å². The van der Waals surface area contributed by atoms with Crippen LogP contribution in [0.3, 0.4) is 0 Å². The number of halogens is 1. The number of carbonyl (C=O) groups excluding carboxylic acids is 1. The van der Waals surface area contributed by atoms with Crippen molar-refractivity contribution >= 4 is 38.3 Å².